The van der Waals surface area contributed by atoms with Gasteiger partial charge in [0, 0.05) is 31.1 Å². The number of aryl methyl sites for hydroxylation is 1. The minimum Gasteiger partial charge on any atom is -0.352 e. The van der Waals surface area contributed by atoms with Gasteiger partial charge in [-0.15, -0.1) is 0 Å². The standard InChI is InChI=1S/C17H18FN3O2S/c1-12-10-16(20-17(19-12)24(2,22)23)21-8-6-13(7-9-21)14-4-3-5-15(18)11-14/h3-6,10-11H,7-9H2,1-2H3. The first-order valence-corrected chi connectivity index (χ1v) is 9.48. The maximum absolute atomic E-state index is 13.4. The number of nitrogens with zero attached hydrogens (tertiary/aromatic N) is 3. The monoisotopic (exact) mass is 347 g/mol. The van der Waals surface area contributed by atoms with Gasteiger partial charge in [-0.05, 0) is 36.6 Å². The fourth-order valence-electron chi connectivity index (χ4n) is 2.68. The summed E-state index contributed by atoms with van der Waals surface area (Å²) >= 11 is 0. The smallest absolute Gasteiger partial charge is 0.248 e. The van der Waals surface area contributed by atoms with Gasteiger partial charge >= 0.3 is 0 Å². The fourth-order valence-corrected chi connectivity index (χ4v) is 3.25. The van der Waals surface area contributed by atoms with Gasteiger partial charge in [-0.1, -0.05) is 18.2 Å². The van der Waals surface area contributed by atoms with Crippen LogP contribution < -0.4 is 4.90 Å². The summed E-state index contributed by atoms with van der Waals surface area (Å²) < 4.78 is 36.7. The van der Waals surface area contributed by atoms with Crippen LogP contribution in [0.15, 0.2) is 41.6 Å². The highest BCUT2D eigenvalue weighted by Crippen LogP contribution is 2.25. The second kappa shape index (κ2) is 6.32. The van der Waals surface area contributed by atoms with Gasteiger partial charge in [-0.3, -0.25) is 0 Å². The van der Waals surface area contributed by atoms with Crippen molar-refractivity contribution in [2.45, 2.75) is 18.5 Å². The van der Waals surface area contributed by atoms with E-state index in [9.17, 15) is 12.8 Å². The number of aromatic nitrogens is 2. The Morgan fingerprint density at radius 2 is 2.00 bits per heavy atom. The molecule has 0 aliphatic carbocycles. The molecule has 0 bridgehead atoms. The van der Waals surface area contributed by atoms with E-state index in [-0.39, 0.29) is 11.0 Å². The van der Waals surface area contributed by atoms with Crippen molar-refractivity contribution in [3.8, 4) is 0 Å². The Kier molecular flexibility index (Phi) is 4.36. The van der Waals surface area contributed by atoms with E-state index < -0.39 is 9.84 Å². The van der Waals surface area contributed by atoms with Gasteiger partial charge in [-0.25, -0.2) is 22.8 Å². The summed E-state index contributed by atoms with van der Waals surface area (Å²) in [5, 5.41) is -0.155. The summed E-state index contributed by atoms with van der Waals surface area (Å²) in [7, 11) is -3.45. The molecule has 1 aromatic carbocycles. The molecule has 1 aromatic heterocycles. The topological polar surface area (TPSA) is 63.2 Å². The largest absolute Gasteiger partial charge is 0.352 e. The van der Waals surface area contributed by atoms with Crippen molar-refractivity contribution in [1.82, 2.24) is 9.97 Å². The van der Waals surface area contributed by atoms with Crippen molar-refractivity contribution in [2.75, 3.05) is 24.2 Å². The van der Waals surface area contributed by atoms with Crippen LogP contribution in [0.4, 0.5) is 10.2 Å². The third-order valence-electron chi connectivity index (χ3n) is 3.88. The first-order valence-electron chi connectivity index (χ1n) is 7.58. The van der Waals surface area contributed by atoms with Gasteiger partial charge in [0.25, 0.3) is 0 Å². The van der Waals surface area contributed by atoms with Crippen LogP contribution >= 0.6 is 0 Å². The highest BCUT2D eigenvalue weighted by Gasteiger charge is 2.19. The van der Waals surface area contributed by atoms with Gasteiger partial charge in [0.15, 0.2) is 0 Å². The van der Waals surface area contributed by atoms with Gasteiger partial charge < -0.3 is 4.90 Å². The van der Waals surface area contributed by atoms with E-state index in [1.165, 1.54) is 12.1 Å². The first-order chi connectivity index (χ1) is 11.3. The van der Waals surface area contributed by atoms with Crippen molar-refractivity contribution < 1.29 is 12.8 Å². The average molecular weight is 347 g/mol. The first kappa shape index (κ1) is 16.6. The summed E-state index contributed by atoms with van der Waals surface area (Å²) in [5.74, 6) is 0.345. The molecule has 126 valence electrons. The lowest BCUT2D eigenvalue weighted by molar-refractivity contribution is 0.591. The van der Waals surface area contributed by atoms with E-state index in [1.807, 2.05) is 17.0 Å². The van der Waals surface area contributed by atoms with Crippen LogP contribution in [0, 0.1) is 12.7 Å². The third kappa shape index (κ3) is 3.62. The highest BCUT2D eigenvalue weighted by molar-refractivity contribution is 7.90. The summed E-state index contributed by atoms with van der Waals surface area (Å²) in [6, 6.07) is 8.31. The minimum absolute atomic E-state index is 0.155. The second-order valence-electron chi connectivity index (χ2n) is 5.86. The molecular formula is C17H18FN3O2S. The molecule has 1 aliphatic rings. The summed E-state index contributed by atoms with van der Waals surface area (Å²) in [6.07, 6.45) is 3.86. The fraction of sp³-hybridized carbons (Fsp3) is 0.294. The van der Waals surface area contributed by atoms with Gasteiger partial charge in [0.2, 0.25) is 15.0 Å². The number of rotatable bonds is 3. The molecule has 0 saturated heterocycles. The Bertz CT molecular complexity index is 910. The van der Waals surface area contributed by atoms with E-state index in [0.717, 1.165) is 23.8 Å². The maximum Gasteiger partial charge on any atom is 0.248 e. The van der Waals surface area contributed by atoms with E-state index in [1.54, 1.807) is 19.1 Å². The van der Waals surface area contributed by atoms with Crippen LogP contribution in [0.5, 0.6) is 0 Å². The minimum atomic E-state index is -3.45. The van der Waals surface area contributed by atoms with Gasteiger partial charge in [-0.2, -0.15) is 0 Å². The molecule has 0 fully saturated rings. The molecule has 0 atom stereocenters. The quantitative estimate of drug-likeness (QED) is 0.799. The number of sulfone groups is 1. The zero-order valence-electron chi connectivity index (χ0n) is 13.5. The van der Waals surface area contributed by atoms with Crippen LogP contribution in [0.1, 0.15) is 17.7 Å². The van der Waals surface area contributed by atoms with Crippen molar-refractivity contribution in [3.63, 3.8) is 0 Å². The molecule has 0 N–H and O–H groups in total. The number of hydrogen-bond donors (Lipinski definition) is 0. The van der Waals surface area contributed by atoms with Crippen LogP contribution in [0.2, 0.25) is 0 Å². The molecule has 2 aromatic rings. The second-order valence-corrected chi connectivity index (χ2v) is 7.77. The molecular weight excluding hydrogens is 329 g/mol. The van der Waals surface area contributed by atoms with E-state index >= 15 is 0 Å². The van der Waals surface area contributed by atoms with Crippen molar-refractivity contribution >= 4 is 21.2 Å². The molecule has 0 saturated carbocycles. The van der Waals surface area contributed by atoms with Crippen LogP contribution in [0.25, 0.3) is 5.57 Å². The Hall–Kier alpha value is -2.28. The lowest BCUT2D eigenvalue weighted by Gasteiger charge is -2.28. The number of halogens is 1. The Balaban J connectivity index is 1.85. The summed E-state index contributed by atoms with van der Waals surface area (Å²) in [4.78, 5) is 10.2. The predicted molar refractivity (Wildman–Crippen MR) is 91.1 cm³/mol. The lowest BCUT2D eigenvalue weighted by atomic mass is 9.99. The van der Waals surface area contributed by atoms with Crippen molar-refractivity contribution in [2.24, 2.45) is 0 Å². The molecule has 0 spiro atoms. The highest BCUT2D eigenvalue weighted by atomic mass is 32.2. The molecule has 0 radical (unpaired) electrons. The Morgan fingerprint density at radius 1 is 1.21 bits per heavy atom. The summed E-state index contributed by atoms with van der Waals surface area (Å²) in [6.45, 7) is 3.02. The molecule has 0 unspecified atom stereocenters. The number of benzene rings is 1. The number of anilines is 1. The van der Waals surface area contributed by atoms with Crippen molar-refractivity contribution in [1.29, 1.82) is 0 Å². The Morgan fingerprint density at radius 3 is 2.62 bits per heavy atom. The maximum atomic E-state index is 13.4. The van der Waals surface area contributed by atoms with Crippen LogP contribution in [0.3, 0.4) is 0 Å². The molecule has 24 heavy (non-hydrogen) atoms. The molecule has 2 heterocycles. The number of hydrogen-bond acceptors (Lipinski definition) is 5. The van der Waals surface area contributed by atoms with Crippen molar-refractivity contribution in [3.05, 3.63) is 53.5 Å². The summed E-state index contributed by atoms with van der Waals surface area (Å²) in [5.41, 5.74) is 2.57. The lowest BCUT2D eigenvalue weighted by Crippen LogP contribution is -2.29. The SMILES string of the molecule is Cc1cc(N2CC=C(c3cccc(F)c3)CC2)nc(S(C)(=O)=O)n1. The van der Waals surface area contributed by atoms with Crippen LogP contribution in [-0.2, 0) is 9.84 Å². The molecule has 1 aliphatic heterocycles. The van der Waals surface area contributed by atoms with E-state index in [2.05, 4.69) is 9.97 Å². The molecule has 7 heteroatoms. The van der Waals surface area contributed by atoms with Gasteiger partial charge in [0.1, 0.15) is 11.6 Å². The molecule has 0 amide bonds. The zero-order valence-corrected chi connectivity index (χ0v) is 14.3. The van der Waals surface area contributed by atoms with Gasteiger partial charge in [0.05, 0.1) is 0 Å². The molecule has 3 rings (SSSR count). The Labute approximate surface area is 140 Å². The third-order valence-corrected chi connectivity index (χ3v) is 4.73. The normalized spacial score (nSPS) is 15.3. The van der Waals surface area contributed by atoms with E-state index in [4.69, 9.17) is 0 Å². The predicted octanol–water partition coefficient (Wildman–Crippen LogP) is 2.62. The average Bonchev–Trinajstić information content (AvgIpc) is 2.54. The van der Waals surface area contributed by atoms with Crippen LogP contribution in [-0.4, -0.2) is 37.7 Å². The van der Waals surface area contributed by atoms with E-state index in [0.29, 0.717) is 24.6 Å². The molecule has 5 nitrogen and oxygen atoms in total. The zero-order chi connectivity index (χ0) is 17.3.